The Morgan fingerprint density at radius 2 is 1.91 bits per heavy atom. The second-order valence-corrected chi connectivity index (χ2v) is 8.80. The van der Waals surface area contributed by atoms with Gasteiger partial charge in [0.15, 0.2) is 0 Å². The summed E-state index contributed by atoms with van der Waals surface area (Å²) in [6, 6.07) is 8.61. The fourth-order valence-electron chi connectivity index (χ4n) is 3.16. The zero-order valence-corrected chi connectivity index (χ0v) is 18.5. The van der Waals surface area contributed by atoms with Gasteiger partial charge >= 0.3 is 6.18 Å². The standard InChI is InChI=1S/C22H22F3N3O3S/c1-12-5-4-6-15(13(12)2)26-19(29)11-28(3)20(30)10-18-21(31)27-16-9-14(22(23,24)25)7-8-17(16)32-18/h4-9,18H,10-11H2,1-3H3,(H,26,29)(H,27,31)/t18-/m0/s1. The van der Waals surface area contributed by atoms with Gasteiger partial charge in [0, 0.05) is 24.1 Å². The van der Waals surface area contributed by atoms with Crippen molar-refractivity contribution < 1.29 is 27.6 Å². The van der Waals surface area contributed by atoms with Crippen LogP contribution >= 0.6 is 11.8 Å². The van der Waals surface area contributed by atoms with Crippen molar-refractivity contribution in [1.82, 2.24) is 4.90 Å². The largest absolute Gasteiger partial charge is 0.416 e. The maximum absolute atomic E-state index is 12.9. The lowest BCUT2D eigenvalue weighted by atomic mass is 10.1. The summed E-state index contributed by atoms with van der Waals surface area (Å²) >= 11 is 1.03. The zero-order valence-electron chi connectivity index (χ0n) is 17.7. The van der Waals surface area contributed by atoms with Gasteiger partial charge in [-0.25, -0.2) is 0 Å². The SMILES string of the molecule is Cc1cccc(NC(=O)CN(C)C(=O)C[C@@H]2Sc3ccc(C(F)(F)F)cc3NC2=O)c1C. The minimum absolute atomic E-state index is 0.0692. The highest BCUT2D eigenvalue weighted by Crippen LogP contribution is 2.40. The minimum atomic E-state index is -4.52. The van der Waals surface area contributed by atoms with Crippen LogP contribution in [-0.4, -0.2) is 41.5 Å². The molecule has 0 unspecified atom stereocenters. The molecule has 2 aromatic rings. The molecule has 10 heteroatoms. The van der Waals surface area contributed by atoms with Crippen molar-refractivity contribution in [2.45, 2.75) is 36.6 Å². The summed E-state index contributed by atoms with van der Waals surface area (Å²) in [6.07, 6.45) is -4.71. The third-order valence-electron chi connectivity index (χ3n) is 5.17. The van der Waals surface area contributed by atoms with Crippen LogP contribution < -0.4 is 10.6 Å². The van der Waals surface area contributed by atoms with E-state index >= 15 is 0 Å². The van der Waals surface area contributed by atoms with Crippen molar-refractivity contribution >= 4 is 40.9 Å². The molecule has 1 aliphatic rings. The number of aryl methyl sites for hydroxylation is 1. The molecule has 0 aromatic heterocycles. The fraction of sp³-hybridized carbons (Fsp3) is 0.318. The maximum atomic E-state index is 12.9. The highest BCUT2D eigenvalue weighted by molar-refractivity contribution is 8.01. The van der Waals surface area contributed by atoms with E-state index < -0.39 is 28.8 Å². The van der Waals surface area contributed by atoms with E-state index in [4.69, 9.17) is 0 Å². The normalized spacial score (nSPS) is 15.6. The lowest BCUT2D eigenvalue weighted by Gasteiger charge is -2.26. The molecule has 0 saturated heterocycles. The Balaban J connectivity index is 1.60. The molecule has 2 aromatic carbocycles. The number of hydrogen-bond donors (Lipinski definition) is 2. The van der Waals surface area contributed by atoms with Crippen molar-refractivity contribution in [3.63, 3.8) is 0 Å². The molecule has 1 atom stereocenters. The van der Waals surface area contributed by atoms with E-state index in [9.17, 15) is 27.6 Å². The first kappa shape index (κ1) is 23.6. The van der Waals surface area contributed by atoms with Crippen LogP contribution in [0.3, 0.4) is 0 Å². The number of nitrogens with one attached hydrogen (secondary N) is 2. The predicted octanol–water partition coefficient (Wildman–Crippen LogP) is 4.22. The number of fused-ring (bicyclic) bond motifs is 1. The number of halogens is 3. The molecule has 0 aliphatic carbocycles. The van der Waals surface area contributed by atoms with Crippen molar-refractivity contribution in [2.24, 2.45) is 0 Å². The Bertz CT molecular complexity index is 1070. The number of anilines is 2. The quantitative estimate of drug-likeness (QED) is 0.693. The Kier molecular flexibility index (Phi) is 6.82. The average molecular weight is 465 g/mol. The highest BCUT2D eigenvalue weighted by atomic mass is 32.2. The maximum Gasteiger partial charge on any atom is 0.416 e. The van der Waals surface area contributed by atoms with Crippen molar-refractivity contribution in [2.75, 3.05) is 24.2 Å². The Morgan fingerprint density at radius 3 is 2.59 bits per heavy atom. The summed E-state index contributed by atoms with van der Waals surface area (Å²) < 4.78 is 38.6. The summed E-state index contributed by atoms with van der Waals surface area (Å²) in [7, 11) is 1.46. The highest BCUT2D eigenvalue weighted by Gasteiger charge is 2.34. The van der Waals surface area contributed by atoms with E-state index in [0.29, 0.717) is 10.6 Å². The lowest BCUT2D eigenvalue weighted by Crippen LogP contribution is -2.39. The number of hydrogen-bond acceptors (Lipinski definition) is 4. The molecule has 6 nitrogen and oxygen atoms in total. The molecule has 0 bridgehead atoms. The molecule has 0 saturated carbocycles. The number of carbonyl (C=O) groups is 3. The van der Waals surface area contributed by atoms with E-state index in [1.165, 1.54) is 18.0 Å². The molecule has 2 N–H and O–H groups in total. The van der Waals surface area contributed by atoms with Gasteiger partial charge in [-0.3, -0.25) is 14.4 Å². The van der Waals surface area contributed by atoms with Gasteiger partial charge in [0.25, 0.3) is 0 Å². The summed E-state index contributed by atoms with van der Waals surface area (Å²) in [4.78, 5) is 38.9. The first-order chi connectivity index (χ1) is 15.0. The summed E-state index contributed by atoms with van der Waals surface area (Å²) in [5, 5.41) is 4.40. The second-order valence-electron chi connectivity index (χ2n) is 7.55. The fourth-order valence-corrected chi connectivity index (χ4v) is 4.24. The molecule has 3 rings (SSSR count). The molecule has 1 heterocycles. The van der Waals surface area contributed by atoms with Crippen LogP contribution in [0.4, 0.5) is 24.5 Å². The minimum Gasteiger partial charge on any atom is -0.336 e. The molecule has 170 valence electrons. The van der Waals surface area contributed by atoms with Gasteiger partial charge in [-0.1, -0.05) is 12.1 Å². The number of amides is 3. The van der Waals surface area contributed by atoms with Crippen molar-refractivity contribution in [3.05, 3.63) is 53.1 Å². The molecule has 0 radical (unpaired) electrons. The number of benzene rings is 2. The van der Waals surface area contributed by atoms with Gasteiger partial charge < -0.3 is 15.5 Å². The number of thioether (sulfide) groups is 1. The van der Waals surface area contributed by atoms with Crippen molar-refractivity contribution in [3.8, 4) is 0 Å². The number of alkyl halides is 3. The zero-order chi connectivity index (χ0) is 23.6. The molecular weight excluding hydrogens is 443 g/mol. The lowest BCUT2D eigenvalue weighted by molar-refractivity contribution is -0.137. The third kappa shape index (κ3) is 5.42. The van der Waals surface area contributed by atoms with E-state index in [-0.39, 0.29) is 24.6 Å². The average Bonchev–Trinajstić information content (AvgIpc) is 2.70. The van der Waals surface area contributed by atoms with Gasteiger partial charge in [0.05, 0.1) is 23.0 Å². The van der Waals surface area contributed by atoms with Crippen LogP contribution in [0.25, 0.3) is 0 Å². The van der Waals surface area contributed by atoms with E-state index in [1.807, 2.05) is 26.0 Å². The summed E-state index contributed by atoms with van der Waals surface area (Å²) in [5.41, 5.74) is 1.82. The third-order valence-corrected chi connectivity index (χ3v) is 6.45. The number of nitrogens with zero attached hydrogens (tertiary/aromatic N) is 1. The monoisotopic (exact) mass is 465 g/mol. The molecule has 1 aliphatic heterocycles. The first-order valence-electron chi connectivity index (χ1n) is 9.74. The number of carbonyl (C=O) groups excluding carboxylic acids is 3. The number of rotatable bonds is 5. The molecular formula is C22H22F3N3O3S. The molecule has 0 fully saturated rings. The van der Waals surface area contributed by atoms with Crippen LogP contribution in [0.5, 0.6) is 0 Å². The molecule has 0 spiro atoms. The van der Waals surface area contributed by atoms with Crippen LogP contribution in [0.1, 0.15) is 23.1 Å². The molecule has 32 heavy (non-hydrogen) atoms. The van der Waals surface area contributed by atoms with Crippen LogP contribution in [0.2, 0.25) is 0 Å². The van der Waals surface area contributed by atoms with Crippen LogP contribution in [-0.2, 0) is 20.6 Å². The first-order valence-corrected chi connectivity index (χ1v) is 10.6. The van der Waals surface area contributed by atoms with Gasteiger partial charge in [0.2, 0.25) is 17.7 Å². The Labute approximate surface area is 187 Å². The second kappa shape index (κ2) is 9.23. The smallest absolute Gasteiger partial charge is 0.336 e. The van der Waals surface area contributed by atoms with E-state index in [1.54, 1.807) is 6.07 Å². The van der Waals surface area contributed by atoms with Crippen LogP contribution in [0.15, 0.2) is 41.3 Å². The topological polar surface area (TPSA) is 78.5 Å². The summed E-state index contributed by atoms with van der Waals surface area (Å²) in [5.74, 6) is -1.35. The van der Waals surface area contributed by atoms with Gasteiger partial charge in [0.1, 0.15) is 0 Å². The summed E-state index contributed by atoms with van der Waals surface area (Å²) in [6.45, 7) is 3.61. The Morgan fingerprint density at radius 1 is 1.19 bits per heavy atom. The molecule has 3 amide bonds. The van der Waals surface area contributed by atoms with Gasteiger partial charge in [-0.15, -0.1) is 11.8 Å². The van der Waals surface area contributed by atoms with E-state index in [2.05, 4.69) is 10.6 Å². The Hall–Kier alpha value is -3.01. The predicted molar refractivity (Wildman–Crippen MR) is 117 cm³/mol. The van der Waals surface area contributed by atoms with Crippen LogP contribution in [0, 0.1) is 13.8 Å². The van der Waals surface area contributed by atoms with Crippen molar-refractivity contribution in [1.29, 1.82) is 0 Å². The van der Waals surface area contributed by atoms with E-state index in [0.717, 1.165) is 35.0 Å². The number of likely N-dealkylation sites (N-methyl/N-ethyl adjacent to an activating group) is 1. The van der Waals surface area contributed by atoms with Gasteiger partial charge in [-0.2, -0.15) is 13.2 Å². The van der Waals surface area contributed by atoms with Gasteiger partial charge in [-0.05, 0) is 49.2 Å².